The lowest BCUT2D eigenvalue weighted by Gasteiger charge is -2.49. The molecule has 76 heavy (non-hydrogen) atoms. The summed E-state index contributed by atoms with van der Waals surface area (Å²) in [5.41, 5.74) is 0. The molecule has 0 amide bonds. The molecule has 20 N–H and O–H groups in total. The normalized spacial score (nSPS) is 50.2. The Morgan fingerprint density at radius 1 is 0.408 bits per heavy atom. The summed E-state index contributed by atoms with van der Waals surface area (Å²) in [6.07, 6.45) is -63.6. The fraction of sp³-hybridized carbons (Fsp3) is 0.975. The number of esters is 1. The van der Waals surface area contributed by atoms with Gasteiger partial charge in [0.2, 0.25) is 0 Å². The van der Waals surface area contributed by atoms with Crippen LogP contribution in [0.25, 0.3) is 0 Å². The van der Waals surface area contributed by atoms with Crippen LogP contribution in [-0.2, 0) is 70.5 Å². The monoisotopic (exact) mass is 1140 g/mol. The van der Waals surface area contributed by atoms with Crippen LogP contribution in [-0.4, -0.2) is 338 Å². The van der Waals surface area contributed by atoms with Gasteiger partial charge in [-0.3, -0.25) is 13.8 Å². The minimum Gasteiger partial charge on any atom is -0.463 e. The van der Waals surface area contributed by atoms with Gasteiger partial charge in [-0.25, -0.2) is 4.57 Å². The van der Waals surface area contributed by atoms with E-state index >= 15 is 0 Å². The Kier molecular flexibility index (Phi) is 22.6. The first-order chi connectivity index (χ1) is 35.7. The summed E-state index contributed by atoms with van der Waals surface area (Å²) in [4.78, 5) is 22.1. The first-order valence-corrected chi connectivity index (χ1v) is 25.2. The summed E-state index contributed by atoms with van der Waals surface area (Å²) < 4.78 is 83.8. The highest BCUT2D eigenvalue weighted by Gasteiger charge is 2.59. The van der Waals surface area contributed by atoms with E-state index in [1.165, 1.54) is 6.92 Å². The number of hydrogen-bond donors (Lipinski definition) is 20. The summed E-state index contributed by atoms with van der Waals surface area (Å²) in [6, 6.07) is 0. The molecular weight excluding hydrogens is 1070 g/mol. The fourth-order valence-electron chi connectivity index (χ4n) is 9.03. The van der Waals surface area contributed by atoms with Crippen LogP contribution in [0.15, 0.2) is 0 Å². The fourth-order valence-corrected chi connectivity index (χ4v) is 9.97. The third-order valence-corrected chi connectivity index (χ3v) is 14.5. The van der Waals surface area contributed by atoms with E-state index in [4.69, 9.17) is 61.2 Å². The molecule has 35 nitrogen and oxygen atoms in total. The predicted octanol–water partition coefficient (Wildman–Crippen LogP) is -13.0. The quantitative estimate of drug-likeness (QED) is 0.0398. The second-order valence-electron chi connectivity index (χ2n) is 18.6. The van der Waals surface area contributed by atoms with Gasteiger partial charge in [0.15, 0.2) is 31.5 Å². The molecule has 0 aromatic rings. The topological polar surface area (TPSA) is 559 Å². The van der Waals surface area contributed by atoms with Crippen LogP contribution in [0.3, 0.4) is 0 Å². The van der Waals surface area contributed by atoms with Gasteiger partial charge in [0, 0.05) is 6.92 Å². The molecule has 0 radical (unpaired) electrons. The zero-order valence-corrected chi connectivity index (χ0v) is 41.1. The molecule has 1 unspecified atom stereocenters. The van der Waals surface area contributed by atoms with Crippen molar-refractivity contribution in [3.8, 4) is 0 Å². The van der Waals surface area contributed by atoms with Gasteiger partial charge in [0.05, 0.1) is 33.0 Å². The third kappa shape index (κ3) is 14.0. The number of hydrogen-bond acceptors (Lipinski definition) is 34. The van der Waals surface area contributed by atoms with Crippen molar-refractivity contribution in [3.63, 3.8) is 0 Å². The first-order valence-electron chi connectivity index (χ1n) is 23.7. The average molecular weight is 1140 g/mol. The maximum atomic E-state index is 13.1. The van der Waals surface area contributed by atoms with E-state index in [9.17, 15) is 111 Å². The van der Waals surface area contributed by atoms with Gasteiger partial charge < -0.3 is 154 Å². The Balaban J connectivity index is 1.17. The number of phosphoric ester groups is 1. The van der Waals surface area contributed by atoms with Crippen molar-refractivity contribution < 1.29 is 172 Å². The van der Waals surface area contributed by atoms with Crippen LogP contribution in [0.2, 0.25) is 0 Å². The van der Waals surface area contributed by atoms with E-state index < -0.39 is 244 Å². The van der Waals surface area contributed by atoms with Gasteiger partial charge in [0.1, 0.15) is 165 Å². The summed E-state index contributed by atoms with van der Waals surface area (Å²) >= 11 is 0. The zero-order chi connectivity index (χ0) is 56.4. The Bertz CT molecular complexity index is 1860. The number of phosphoric acid groups is 1. The van der Waals surface area contributed by atoms with Gasteiger partial charge in [-0.1, -0.05) is 0 Å². The van der Waals surface area contributed by atoms with E-state index in [0.717, 1.165) is 6.92 Å². The largest absolute Gasteiger partial charge is 0.472 e. The molecule has 0 aromatic carbocycles. The molecule has 5 heterocycles. The molecule has 1 saturated carbocycles. The first kappa shape index (κ1) is 63.6. The van der Waals surface area contributed by atoms with Crippen molar-refractivity contribution in [3.05, 3.63) is 0 Å². The zero-order valence-electron chi connectivity index (χ0n) is 40.2. The second-order valence-corrected chi connectivity index (χ2v) is 20.1. The Morgan fingerprint density at radius 3 is 1.14 bits per heavy atom. The number of aliphatic hydroxyl groups excluding tert-OH is 19. The average Bonchev–Trinajstić information content (AvgIpc) is 3.38. The van der Waals surface area contributed by atoms with E-state index in [1.807, 2.05) is 0 Å². The van der Waals surface area contributed by atoms with Gasteiger partial charge in [0.25, 0.3) is 0 Å². The lowest BCUT2D eigenvalue weighted by Crippen LogP contribution is -2.69. The Hall–Kier alpha value is -1.58. The summed E-state index contributed by atoms with van der Waals surface area (Å²) in [6.45, 7) is -2.67. The highest BCUT2D eigenvalue weighted by Crippen LogP contribution is 2.48. The molecule has 5 aliphatic heterocycles. The van der Waals surface area contributed by atoms with E-state index in [2.05, 4.69) is 0 Å². The molecule has 444 valence electrons. The molecular formula is C40H69O35P. The smallest absolute Gasteiger partial charge is 0.463 e. The van der Waals surface area contributed by atoms with Gasteiger partial charge in [-0.05, 0) is 6.92 Å². The van der Waals surface area contributed by atoms with Crippen molar-refractivity contribution in [2.24, 2.45) is 0 Å². The molecule has 5 saturated heterocycles. The van der Waals surface area contributed by atoms with Crippen LogP contribution < -0.4 is 0 Å². The molecule has 0 bridgehead atoms. The summed E-state index contributed by atoms with van der Waals surface area (Å²) in [5.74, 6) is -0.860. The molecule has 32 atom stereocenters. The van der Waals surface area contributed by atoms with Crippen LogP contribution >= 0.6 is 7.82 Å². The molecule has 6 aliphatic rings. The van der Waals surface area contributed by atoms with Crippen molar-refractivity contribution in [1.82, 2.24) is 0 Å². The minimum atomic E-state index is -5.32. The number of rotatable bonds is 20. The SMILES string of the molecule is CCOP(=O)(O)O[C@@H]1[C@H](O[C@H]2O[C@@H](COC(C)=O)[C@@H](O)[C@H](O)[C@@H]2O)[C@H](O)[C@@H](O)[C@H](O)[C@H]1O[C@H]1O[C@H](CO[C@@H]2O[C@H](CO[C@H]3O[C@H](CO)[C@@H](O)[C@H](O)[C@@H]3O[C@@H]3O[C@H](CO)[C@@H](O)[C@H](O)[C@@H]3O)[C@@H](O)[C@H](O)[C@@H]2O)[C@@H](O)[C@H](O)[C@@H]1O. The number of carbonyl (C=O) groups excluding carboxylic acids is 1. The van der Waals surface area contributed by atoms with Crippen LogP contribution in [0, 0.1) is 0 Å². The molecule has 6 rings (SSSR count). The number of carbonyl (C=O) groups is 1. The van der Waals surface area contributed by atoms with Crippen LogP contribution in [0.4, 0.5) is 0 Å². The van der Waals surface area contributed by atoms with Gasteiger partial charge in [-0.15, -0.1) is 0 Å². The maximum Gasteiger partial charge on any atom is 0.472 e. The highest BCUT2D eigenvalue weighted by atomic mass is 31.2. The van der Waals surface area contributed by atoms with Crippen molar-refractivity contribution in [1.29, 1.82) is 0 Å². The maximum absolute atomic E-state index is 13.1. The van der Waals surface area contributed by atoms with E-state index in [-0.39, 0.29) is 0 Å². The lowest BCUT2D eigenvalue weighted by atomic mass is 9.84. The number of ether oxygens (including phenoxy) is 11. The van der Waals surface area contributed by atoms with E-state index in [1.54, 1.807) is 0 Å². The molecule has 0 aromatic heterocycles. The van der Waals surface area contributed by atoms with Crippen molar-refractivity contribution >= 4 is 13.8 Å². The number of aliphatic hydroxyl groups is 19. The van der Waals surface area contributed by atoms with Crippen molar-refractivity contribution in [2.75, 3.05) is 39.6 Å². The van der Waals surface area contributed by atoms with Crippen molar-refractivity contribution in [2.45, 2.75) is 204 Å². The molecule has 0 spiro atoms. The van der Waals surface area contributed by atoms with Gasteiger partial charge in [-0.2, -0.15) is 0 Å². The minimum absolute atomic E-state index is 0.504. The lowest BCUT2D eigenvalue weighted by molar-refractivity contribution is -0.375. The van der Waals surface area contributed by atoms with Gasteiger partial charge >= 0.3 is 13.8 Å². The predicted molar refractivity (Wildman–Crippen MR) is 229 cm³/mol. The molecule has 1 aliphatic carbocycles. The van der Waals surface area contributed by atoms with E-state index in [0.29, 0.717) is 0 Å². The molecule has 6 fully saturated rings. The summed E-state index contributed by atoms with van der Waals surface area (Å²) in [7, 11) is -5.32. The Morgan fingerprint density at radius 2 is 0.724 bits per heavy atom. The van der Waals surface area contributed by atoms with Crippen LogP contribution in [0.1, 0.15) is 13.8 Å². The second kappa shape index (κ2) is 27.0. The highest BCUT2D eigenvalue weighted by molar-refractivity contribution is 7.47. The van der Waals surface area contributed by atoms with Crippen LogP contribution in [0.5, 0.6) is 0 Å². The standard InChI is InChI=1S/C40H69O35P/c1-3-66-76(61,62)75-35-32(72-38-30(59)22(51)17(46)12(70-38)6-63-9(2)43)26(55)24(53)27(56)33(35)73-39-31(60)23(52)19(48)14(71-39)7-64-36-28(57)21(50)18(47)13(69-36)8-65-40-34(25(54)16(45)11(5-42)68-40)74-37-29(58)20(49)15(44)10(4-41)67-37/h10-42,44-60H,3-8H2,1-2H3,(H,61,62)/t10-,11-,12+,13-,14-,15-,16-,17-,18-,19-,20+,21+,22+,23+,24-,25+,26-,27+,28+,29+,30+,31+,32-,33-,34+,35-,36-,37+,38-,39-,40+/m1/s1. The molecule has 36 heteroatoms. The third-order valence-electron chi connectivity index (χ3n) is 13.4. The Labute approximate surface area is 429 Å². The summed E-state index contributed by atoms with van der Waals surface area (Å²) in [5, 5.41) is 203.